The van der Waals surface area contributed by atoms with Gasteiger partial charge in [0, 0.05) is 5.92 Å². The molecule has 1 heterocycles. The average Bonchev–Trinajstić information content (AvgIpc) is 2.63. The molecule has 0 unspecified atom stereocenters. The van der Waals surface area contributed by atoms with Crippen LogP contribution in [0, 0.1) is 5.92 Å². The Hall–Kier alpha value is -1.64. The van der Waals surface area contributed by atoms with E-state index >= 15 is 0 Å². The number of carbonyl (C=O) groups excluding carboxylic acids is 1. The summed E-state index contributed by atoms with van der Waals surface area (Å²) in [6.07, 6.45) is 1.36. The zero-order valence-electron chi connectivity index (χ0n) is 8.15. The van der Waals surface area contributed by atoms with Gasteiger partial charge in [0.1, 0.15) is 5.52 Å². The number of oxazole rings is 1. The van der Waals surface area contributed by atoms with Gasteiger partial charge in [-0.2, -0.15) is 0 Å². The molecule has 0 aliphatic carbocycles. The largest absolute Gasteiger partial charge is 0.443 e. The number of benzene rings is 1. The van der Waals surface area contributed by atoms with E-state index in [1.807, 2.05) is 26.0 Å². The molecule has 1 aromatic carbocycles. The molecule has 0 N–H and O–H groups in total. The van der Waals surface area contributed by atoms with Crippen molar-refractivity contribution in [1.82, 2.24) is 4.98 Å². The fraction of sp³-hybridized carbons (Fsp3) is 0.273. The zero-order valence-corrected chi connectivity index (χ0v) is 8.15. The second kappa shape index (κ2) is 3.25. The topological polar surface area (TPSA) is 43.1 Å². The van der Waals surface area contributed by atoms with Gasteiger partial charge in [0.15, 0.2) is 17.8 Å². The summed E-state index contributed by atoms with van der Waals surface area (Å²) in [7, 11) is 0. The van der Waals surface area contributed by atoms with Crippen LogP contribution in [-0.2, 0) is 0 Å². The van der Waals surface area contributed by atoms with Gasteiger partial charge < -0.3 is 4.42 Å². The molecule has 0 spiro atoms. The van der Waals surface area contributed by atoms with Crippen LogP contribution < -0.4 is 0 Å². The minimum absolute atomic E-state index is 0.0225. The number of aromatic nitrogens is 1. The maximum Gasteiger partial charge on any atom is 0.182 e. The summed E-state index contributed by atoms with van der Waals surface area (Å²) < 4.78 is 5.19. The first-order valence-electron chi connectivity index (χ1n) is 4.56. The predicted molar refractivity (Wildman–Crippen MR) is 53.2 cm³/mol. The number of Topliss-reactive ketones (excluding diaryl/α,β-unsaturated/α-hetero) is 1. The number of nitrogens with zero attached hydrogens (tertiary/aromatic N) is 1. The molecule has 0 fully saturated rings. The van der Waals surface area contributed by atoms with Gasteiger partial charge in [-0.15, -0.1) is 0 Å². The van der Waals surface area contributed by atoms with Gasteiger partial charge >= 0.3 is 0 Å². The second-order valence-electron chi connectivity index (χ2n) is 3.53. The first kappa shape index (κ1) is 8.94. The SMILES string of the molecule is CC(C)C(=O)c1cccc2ncoc12. The lowest BCUT2D eigenvalue weighted by Crippen LogP contribution is -2.07. The van der Waals surface area contributed by atoms with Crippen LogP contribution in [0.15, 0.2) is 29.0 Å². The molecule has 2 rings (SSSR count). The summed E-state index contributed by atoms with van der Waals surface area (Å²) in [5, 5.41) is 0. The Morgan fingerprint density at radius 2 is 2.21 bits per heavy atom. The van der Waals surface area contributed by atoms with Crippen molar-refractivity contribution in [1.29, 1.82) is 0 Å². The lowest BCUT2D eigenvalue weighted by atomic mass is 10.0. The van der Waals surface area contributed by atoms with Crippen molar-refractivity contribution in [2.24, 2.45) is 5.92 Å². The highest BCUT2D eigenvalue weighted by atomic mass is 16.3. The first-order chi connectivity index (χ1) is 6.70. The molecule has 0 aliphatic heterocycles. The summed E-state index contributed by atoms with van der Waals surface area (Å²) in [4.78, 5) is 15.8. The summed E-state index contributed by atoms with van der Waals surface area (Å²) >= 11 is 0. The first-order valence-corrected chi connectivity index (χ1v) is 4.56. The van der Waals surface area contributed by atoms with Gasteiger partial charge in [0.05, 0.1) is 5.56 Å². The number of para-hydroxylation sites is 1. The third-order valence-corrected chi connectivity index (χ3v) is 2.15. The molecule has 72 valence electrons. The Labute approximate surface area is 81.7 Å². The highest BCUT2D eigenvalue weighted by molar-refractivity contribution is 6.06. The summed E-state index contributed by atoms with van der Waals surface area (Å²) in [5.74, 6) is 0.0676. The number of hydrogen-bond acceptors (Lipinski definition) is 3. The van der Waals surface area contributed by atoms with Crippen molar-refractivity contribution in [2.45, 2.75) is 13.8 Å². The predicted octanol–water partition coefficient (Wildman–Crippen LogP) is 2.67. The molecule has 3 heteroatoms. The number of hydrogen-bond donors (Lipinski definition) is 0. The van der Waals surface area contributed by atoms with Gasteiger partial charge in [-0.1, -0.05) is 19.9 Å². The molecular formula is C11H11NO2. The minimum Gasteiger partial charge on any atom is -0.443 e. The van der Waals surface area contributed by atoms with Crippen LogP contribution in [0.5, 0.6) is 0 Å². The summed E-state index contributed by atoms with van der Waals surface area (Å²) in [5.41, 5.74) is 1.94. The van der Waals surface area contributed by atoms with Crippen LogP contribution in [0.2, 0.25) is 0 Å². The van der Waals surface area contributed by atoms with E-state index in [9.17, 15) is 4.79 Å². The van der Waals surface area contributed by atoms with Gasteiger partial charge in [0.2, 0.25) is 0 Å². The Bertz CT molecular complexity index is 471. The average molecular weight is 189 g/mol. The standard InChI is InChI=1S/C11H11NO2/c1-7(2)10(13)8-4-3-5-9-11(8)14-6-12-9/h3-7H,1-2H3. The number of ketones is 1. The fourth-order valence-electron chi connectivity index (χ4n) is 1.39. The third kappa shape index (κ3) is 1.31. The van der Waals surface area contributed by atoms with Crippen molar-refractivity contribution < 1.29 is 9.21 Å². The molecule has 0 amide bonds. The van der Waals surface area contributed by atoms with Gasteiger partial charge in [0.25, 0.3) is 0 Å². The quantitative estimate of drug-likeness (QED) is 0.682. The van der Waals surface area contributed by atoms with E-state index in [2.05, 4.69) is 4.98 Å². The highest BCUT2D eigenvalue weighted by Gasteiger charge is 2.15. The van der Waals surface area contributed by atoms with Crippen LogP contribution >= 0.6 is 0 Å². The van der Waals surface area contributed by atoms with E-state index in [0.717, 1.165) is 5.52 Å². The van der Waals surface area contributed by atoms with Gasteiger partial charge in [-0.25, -0.2) is 4.98 Å². The van der Waals surface area contributed by atoms with Crippen LogP contribution in [0.25, 0.3) is 11.1 Å². The van der Waals surface area contributed by atoms with E-state index in [1.54, 1.807) is 6.07 Å². The highest BCUT2D eigenvalue weighted by Crippen LogP contribution is 2.20. The normalized spacial score (nSPS) is 11.1. The van der Waals surface area contributed by atoms with Crippen molar-refractivity contribution in [2.75, 3.05) is 0 Å². The second-order valence-corrected chi connectivity index (χ2v) is 3.53. The van der Waals surface area contributed by atoms with Crippen LogP contribution in [0.1, 0.15) is 24.2 Å². The lowest BCUT2D eigenvalue weighted by molar-refractivity contribution is 0.0940. The van der Waals surface area contributed by atoms with Gasteiger partial charge in [-0.3, -0.25) is 4.79 Å². The summed E-state index contributed by atoms with van der Waals surface area (Å²) in [6, 6.07) is 5.42. The molecule has 0 radical (unpaired) electrons. The molecular weight excluding hydrogens is 178 g/mol. The van der Waals surface area contributed by atoms with E-state index in [0.29, 0.717) is 11.1 Å². The Morgan fingerprint density at radius 1 is 1.43 bits per heavy atom. The van der Waals surface area contributed by atoms with Crippen molar-refractivity contribution in [3.8, 4) is 0 Å². The number of rotatable bonds is 2. The molecule has 2 aromatic rings. The smallest absolute Gasteiger partial charge is 0.182 e. The van der Waals surface area contributed by atoms with E-state index in [-0.39, 0.29) is 11.7 Å². The Morgan fingerprint density at radius 3 is 2.93 bits per heavy atom. The molecule has 0 atom stereocenters. The monoisotopic (exact) mass is 189 g/mol. The Kier molecular flexibility index (Phi) is 2.08. The Balaban J connectivity index is 2.62. The molecule has 0 aliphatic rings. The van der Waals surface area contributed by atoms with Crippen molar-refractivity contribution in [3.63, 3.8) is 0 Å². The van der Waals surface area contributed by atoms with Crippen molar-refractivity contribution in [3.05, 3.63) is 30.2 Å². The fourth-order valence-corrected chi connectivity index (χ4v) is 1.39. The van der Waals surface area contributed by atoms with Crippen LogP contribution in [0.3, 0.4) is 0 Å². The maximum absolute atomic E-state index is 11.8. The maximum atomic E-state index is 11.8. The molecule has 1 aromatic heterocycles. The zero-order chi connectivity index (χ0) is 10.1. The van der Waals surface area contributed by atoms with Gasteiger partial charge in [-0.05, 0) is 12.1 Å². The lowest BCUT2D eigenvalue weighted by Gasteiger charge is -2.03. The van der Waals surface area contributed by atoms with Crippen LogP contribution in [0.4, 0.5) is 0 Å². The number of fused-ring (bicyclic) bond motifs is 1. The van der Waals surface area contributed by atoms with E-state index in [4.69, 9.17) is 4.42 Å². The molecule has 14 heavy (non-hydrogen) atoms. The van der Waals surface area contributed by atoms with E-state index < -0.39 is 0 Å². The number of carbonyl (C=O) groups is 1. The molecule has 0 saturated heterocycles. The minimum atomic E-state index is -0.0225. The molecule has 0 bridgehead atoms. The van der Waals surface area contributed by atoms with Crippen LogP contribution in [-0.4, -0.2) is 10.8 Å². The van der Waals surface area contributed by atoms with E-state index in [1.165, 1.54) is 6.39 Å². The third-order valence-electron chi connectivity index (χ3n) is 2.15. The summed E-state index contributed by atoms with van der Waals surface area (Å²) in [6.45, 7) is 3.75. The van der Waals surface area contributed by atoms with Crippen molar-refractivity contribution >= 4 is 16.9 Å². The molecule has 0 saturated carbocycles. The molecule has 3 nitrogen and oxygen atoms in total.